The first-order chi connectivity index (χ1) is 11.1. The molecule has 1 aromatic heterocycles. The van der Waals surface area contributed by atoms with E-state index >= 15 is 0 Å². The number of amides is 1. The zero-order valence-electron chi connectivity index (χ0n) is 12.9. The van der Waals surface area contributed by atoms with Gasteiger partial charge >= 0.3 is 0 Å². The summed E-state index contributed by atoms with van der Waals surface area (Å²) in [5.74, 6) is -0.701. The number of benzene rings is 2. The third-order valence-electron chi connectivity index (χ3n) is 4.52. The molecule has 3 nitrogen and oxygen atoms in total. The molecule has 2 heterocycles. The van der Waals surface area contributed by atoms with Crippen molar-refractivity contribution in [2.75, 3.05) is 6.54 Å². The van der Waals surface area contributed by atoms with E-state index in [0.29, 0.717) is 13.1 Å². The van der Waals surface area contributed by atoms with E-state index in [2.05, 4.69) is 30.1 Å². The first-order valence-electron chi connectivity index (χ1n) is 7.77. The van der Waals surface area contributed by atoms with E-state index in [1.54, 1.807) is 23.1 Å². The molecule has 2 aromatic carbocycles. The Morgan fingerprint density at radius 1 is 1.22 bits per heavy atom. The van der Waals surface area contributed by atoms with Crippen LogP contribution in [0, 0.1) is 12.7 Å². The first-order valence-corrected chi connectivity index (χ1v) is 7.77. The topological polar surface area (TPSA) is 36.1 Å². The molecule has 0 unspecified atom stereocenters. The maximum Gasteiger partial charge on any atom is 0.257 e. The Kier molecular flexibility index (Phi) is 3.18. The molecule has 4 rings (SSSR count). The smallest absolute Gasteiger partial charge is 0.257 e. The van der Waals surface area contributed by atoms with E-state index in [1.807, 2.05) is 0 Å². The molecule has 0 spiro atoms. The number of aromatic amines is 1. The van der Waals surface area contributed by atoms with Crippen molar-refractivity contribution in [3.63, 3.8) is 0 Å². The highest BCUT2D eigenvalue weighted by Crippen LogP contribution is 2.29. The fraction of sp³-hybridized carbons (Fsp3) is 0.211. The largest absolute Gasteiger partial charge is 0.358 e. The number of nitrogens with one attached hydrogen (secondary N) is 1. The van der Waals surface area contributed by atoms with Gasteiger partial charge in [-0.3, -0.25) is 4.79 Å². The van der Waals surface area contributed by atoms with Crippen molar-refractivity contribution >= 4 is 16.8 Å². The molecule has 1 aliphatic heterocycles. The van der Waals surface area contributed by atoms with E-state index < -0.39 is 5.82 Å². The van der Waals surface area contributed by atoms with Crippen molar-refractivity contribution < 1.29 is 9.18 Å². The Labute approximate surface area is 133 Å². The van der Waals surface area contributed by atoms with Gasteiger partial charge in [-0.1, -0.05) is 24.3 Å². The monoisotopic (exact) mass is 308 g/mol. The summed E-state index contributed by atoms with van der Waals surface area (Å²) in [6.45, 7) is 3.19. The summed E-state index contributed by atoms with van der Waals surface area (Å²) in [7, 11) is 0. The van der Waals surface area contributed by atoms with Gasteiger partial charge in [0.25, 0.3) is 5.91 Å². The standard InChI is InChI=1S/C19H17FN2O/c1-12-6-7-13-15-11-22(9-8-17(15)21-18(13)10-12)19(23)14-4-2-3-5-16(14)20/h2-7,10,21H,8-9,11H2,1H3. The fourth-order valence-electron chi connectivity index (χ4n) is 3.31. The highest BCUT2D eigenvalue weighted by Gasteiger charge is 2.26. The number of carbonyl (C=O) groups excluding carboxylic acids is 1. The summed E-state index contributed by atoms with van der Waals surface area (Å²) < 4.78 is 13.9. The predicted octanol–water partition coefficient (Wildman–Crippen LogP) is 3.81. The number of nitrogens with zero attached hydrogens (tertiary/aromatic N) is 1. The Bertz CT molecular complexity index is 913. The first kappa shape index (κ1) is 14.0. The van der Waals surface area contributed by atoms with E-state index in [9.17, 15) is 9.18 Å². The van der Waals surface area contributed by atoms with Gasteiger partial charge in [-0.25, -0.2) is 4.39 Å². The zero-order chi connectivity index (χ0) is 16.0. The van der Waals surface area contributed by atoms with Crippen LogP contribution in [0.4, 0.5) is 4.39 Å². The maximum absolute atomic E-state index is 13.9. The minimum absolute atomic E-state index is 0.145. The van der Waals surface area contributed by atoms with Crippen LogP contribution in [0.15, 0.2) is 42.5 Å². The van der Waals surface area contributed by atoms with Gasteiger partial charge < -0.3 is 9.88 Å². The average molecular weight is 308 g/mol. The number of halogens is 1. The number of fused-ring (bicyclic) bond motifs is 3. The van der Waals surface area contributed by atoms with Gasteiger partial charge in [-0.15, -0.1) is 0 Å². The Morgan fingerprint density at radius 3 is 2.87 bits per heavy atom. The third-order valence-corrected chi connectivity index (χ3v) is 4.52. The van der Waals surface area contributed by atoms with Crippen molar-refractivity contribution in [1.29, 1.82) is 0 Å². The molecule has 0 radical (unpaired) electrons. The number of hydrogen-bond donors (Lipinski definition) is 1. The van der Waals surface area contributed by atoms with Crippen LogP contribution in [-0.2, 0) is 13.0 Å². The number of hydrogen-bond acceptors (Lipinski definition) is 1. The SMILES string of the molecule is Cc1ccc2c3c([nH]c2c1)CCN(C(=O)c1ccccc1F)C3. The highest BCUT2D eigenvalue weighted by molar-refractivity contribution is 5.95. The Balaban J connectivity index is 1.70. The van der Waals surface area contributed by atoms with Crippen LogP contribution in [-0.4, -0.2) is 22.3 Å². The van der Waals surface area contributed by atoms with Gasteiger partial charge in [0, 0.05) is 41.7 Å². The Morgan fingerprint density at radius 2 is 2.04 bits per heavy atom. The lowest BCUT2D eigenvalue weighted by Crippen LogP contribution is -2.36. The second-order valence-corrected chi connectivity index (χ2v) is 6.09. The van der Waals surface area contributed by atoms with Gasteiger partial charge in [0.2, 0.25) is 0 Å². The molecule has 0 fully saturated rings. The van der Waals surface area contributed by atoms with Crippen LogP contribution >= 0.6 is 0 Å². The number of H-pyrrole nitrogens is 1. The van der Waals surface area contributed by atoms with E-state index in [4.69, 9.17) is 0 Å². The zero-order valence-corrected chi connectivity index (χ0v) is 12.9. The van der Waals surface area contributed by atoms with Gasteiger partial charge in [0.15, 0.2) is 0 Å². The van der Waals surface area contributed by atoms with Crippen LogP contribution in [0.3, 0.4) is 0 Å². The number of aromatic nitrogens is 1. The van der Waals surface area contributed by atoms with Crippen molar-refractivity contribution in [3.05, 3.63) is 70.7 Å². The molecular weight excluding hydrogens is 291 g/mol. The molecule has 4 heteroatoms. The summed E-state index contributed by atoms with van der Waals surface area (Å²) >= 11 is 0. The van der Waals surface area contributed by atoms with Crippen LogP contribution in [0.2, 0.25) is 0 Å². The normalized spacial score (nSPS) is 14.1. The number of aryl methyl sites for hydroxylation is 1. The van der Waals surface area contributed by atoms with Crippen molar-refractivity contribution in [1.82, 2.24) is 9.88 Å². The van der Waals surface area contributed by atoms with Crippen LogP contribution in [0.25, 0.3) is 10.9 Å². The molecule has 0 atom stereocenters. The van der Waals surface area contributed by atoms with E-state index in [-0.39, 0.29) is 11.5 Å². The Hall–Kier alpha value is -2.62. The quantitative estimate of drug-likeness (QED) is 0.729. The average Bonchev–Trinajstić information content (AvgIpc) is 2.91. The van der Waals surface area contributed by atoms with Crippen molar-refractivity contribution in [2.24, 2.45) is 0 Å². The molecule has 23 heavy (non-hydrogen) atoms. The minimum Gasteiger partial charge on any atom is -0.358 e. The van der Waals surface area contributed by atoms with Gasteiger partial charge in [-0.2, -0.15) is 0 Å². The second kappa shape index (κ2) is 5.23. The molecule has 1 N–H and O–H groups in total. The van der Waals surface area contributed by atoms with Crippen LogP contribution < -0.4 is 0 Å². The molecule has 0 bridgehead atoms. The molecular formula is C19H17FN2O. The summed E-state index contributed by atoms with van der Waals surface area (Å²) in [6.07, 6.45) is 0.767. The lowest BCUT2D eigenvalue weighted by molar-refractivity contribution is 0.0730. The molecule has 0 saturated carbocycles. The molecule has 0 aliphatic carbocycles. The summed E-state index contributed by atoms with van der Waals surface area (Å²) in [4.78, 5) is 17.8. The van der Waals surface area contributed by atoms with Gasteiger partial charge in [0.05, 0.1) is 5.56 Å². The molecule has 1 aliphatic rings. The fourth-order valence-corrected chi connectivity index (χ4v) is 3.31. The van der Waals surface area contributed by atoms with E-state index in [1.165, 1.54) is 17.3 Å². The number of carbonyl (C=O) groups is 1. The third kappa shape index (κ3) is 2.31. The lowest BCUT2D eigenvalue weighted by atomic mass is 10.0. The van der Waals surface area contributed by atoms with Crippen molar-refractivity contribution in [2.45, 2.75) is 19.9 Å². The molecule has 116 valence electrons. The summed E-state index contributed by atoms with van der Waals surface area (Å²) in [6, 6.07) is 12.5. The highest BCUT2D eigenvalue weighted by atomic mass is 19.1. The molecule has 3 aromatic rings. The summed E-state index contributed by atoms with van der Waals surface area (Å²) in [5.41, 5.74) is 4.79. The molecule has 1 amide bonds. The van der Waals surface area contributed by atoms with Crippen molar-refractivity contribution in [3.8, 4) is 0 Å². The van der Waals surface area contributed by atoms with E-state index in [0.717, 1.165) is 22.9 Å². The van der Waals surface area contributed by atoms with Gasteiger partial charge in [0.1, 0.15) is 5.82 Å². The maximum atomic E-state index is 13.9. The van der Waals surface area contributed by atoms with Gasteiger partial charge in [-0.05, 0) is 30.7 Å². The summed E-state index contributed by atoms with van der Waals surface area (Å²) in [5, 5.41) is 1.15. The lowest BCUT2D eigenvalue weighted by Gasteiger charge is -2.27. The second-order valence-electron chi connectivity index (χ2n) is 6.09. The van der Waals surface area contributed by atoms with Crippen LogP contribution in [0.1, 0.15) is 27.2 Å². The number of rotatable bonds is 1. The minimum atomic E-state index is -0.460. The molecule has 0 saturated heterocycles. The van der Waals surface area contributed by atoms with Crippen LogP contribution in [0.5, 0.6) is 0 Å². The predicted molar refractivity (Wildman–Crippen MR) is 87.9 cm³/mol.